The van der Waals surface area contributed by atoms with E-state index in [1.165, 1.54) is 4.31 Å². The summed E-state index contributed by atoms with van der Waals surface area (Å²) in [6.45, 7) is 2.55. The van der Waals surface area contributed by atoms with Gasteiger partial charge in [-0.15, -0.1) is 0 Å². The number of aliphatic hydroxyl groups is 1. The van der Waals surface area contributed by atoms with Gasteiger partial charge in [-0.05, 0) is 31.6 Å². The SMILES string of the molecule is CC1CN(S(=O)(=O)N2CCCCC2C(=O)O)CCC1O. The lowest BCUT2D eigenvalue weighted by Gasteiger charge is -2.39. The average molecular weight is 306 g/mol. The number of aliphatic hydroxyl groups excluding tert-OH is 1. The molecule has 2 saturated heterocycles. The van der Waals surface area contributed by atoms with Gasteiger partial charge in [-0.1, -0.05) is 6.92 Å². The largest absolute Gasteiger partial charge is 0.480 e. The Balaban J connectivity index is 2.18. The second-order valence-electron chi connectivity index (χ2n) is 5.66. The lowest BCUT2D eigenvalue weighted by atomic mass is 9.99. The molecule has 0 spiro atoms. The second kappa shape index (κ2) is 5.97. The van der Waals surface area contributed by atoms with Crippen LogP contribution in [0.5, 0.6) is 0 Å². The second-order valence-corrected chi connectivity index (χ2v) is 7.54. The van der Waals surface area contributed by atoms with Crippen molar-refractivity contribution in [2.45, 2.75) is 44.8 Å². The van der Waals surface area contributed by atoms with E-state index in [4.69, 9.17) is 0 Å². The molecule has 2 fully saturated rings. The van der Waals surface area contributed by atoms with Crippen LogP contribution in [0.3, 0.4) is 0 Å². The number of hydrogen-bond donors (Lipinski definition) is 2. The number of carboxylic acid groups (broad SMARTS) is 1. The highest BCUT2D eigenvalue weighted by Crippen LogP contribution is 2.26. The Morgan fingerprint density at radius 1 is 1.20 bits per heavy atom. The Labute approximate surface area is 119 Å². The van der Waals surface area contributed by atoms with E-state index in [2.05, 4.69) is 0 Å². The van der Waals surface area contributed by atoms with Crippen LogP contribution in [0.4, 0.5) is 0 Å². The predicted molar refractivity (Wildman–Crippen MR) is 72.3 cm³/mol. The molecule has 3 atom stereocenters. The smallest absolute Gasteiger partial charge is 0.322 e. The van der Waals surface area contributed by atoms with E-state index >= 15 is 0 Å². The monoisotopic (exact) mass is 306 g/mol. The molecular weight excluding hydrogens is 284 g/mol. The van der Waals surface area contributed by atoms with Crippen LogP contribution in [0, 0.1) is 5.92 Å². The summed E-state index contributed by atoms with van der Waals surface area (Å²) in [5.74, 6) is -1.22. The van der Waals surface area contributed by atoms with E-state index in [1.54, 1.807) is 6.92 Å². The third-order valence-electron chi connectivity index (χ3n) is 4.18. The molecule has 0 aromatic heterocycles. The summed E-state index contributed by atoms with van der Waals surface area (Å²) < 4.78 is 27.7. The highest BCUT2D eigenvalue weighted by molar-refractivity contribution is 7.86. The van der Waals surface area contributed by atoms with Gasteiger partial charge in [0.05, 0.1) is 6.10 Å². The highest BCUT2D eigenvalue weighted by Gasteiger charge is 2.42. The van der Waals surface area contributed by atoms with Gasteiger partial charge in [0.2, 0.25) is 0 Å². The van der Waals surface area contributed by atoms with E-state index < -0.39 is 28.3 Å². The molecule has 2 rings (SSSR count). The molecule has 0 aromatic rings. The van der Waals surface area contributed by atoms with Gasteiger partial charge in [-0.2, -0.15) is 17.0 Å². The van der Waals surface area contributed by atoms with Gasteiger partial charge < -0.3 is 10.2 Å². The fourth-order valence-electron chi connectivity index (χ4n) is 2.88. The minimum Gasteiger partial charge on any atom is -0.480 e. The van der Waals surface area contributed by atoms with Crippen LogP contribution in [0.15, 0.2) is 0 Å². The molecule has 2 N–H and O–H groups in total. The zero-order chi connectivity index (χ0) is 14.9. The summed E-state index contributed by atoms with van der Waals surface area (Å²) >= 11 is 0. The number of hydrogen-bond acceptors (Lipinski definition) is 4. The minimum absolute atomic E-state index is 0.133. The highest BCUT2D eigenvalue weighted by atomic mass is 32.2. The first kappa shape index (κ1) is 15.7. The quantitative estimate of drug-likeness (QED) is 0.757. The summed E-state index contributed by atoms with van der Waals surface area (Å²) in [7, 11) is -3.76. The predicted octanol–water partition coefficient (Wildman–Crippen LogP) is -0.127. The number of carboxylic acids is 1. The van der Waals surface area contributed by atoms with Gasteiger partial charge in [0.15, 0.2) is 0 Å². The van der Waals surface area contributed by atoms with Crippen molar-refractivity contribution in [2.75, 3.05) is 19.6 Å². The molecule has 20 heavy (non-hydrogen) atoms. The zero-order valence-corrected chi connectivity index (χ0v) is 12.4. The molecule has 0 bridgehead atoms. The van der Waals surface area contributed by atoms with Gasteiger partial charge in [0.25, 0.3) is 10.2 Å². The van der Waals surface area contributed by atoms with Crippen molar-refractivity contribution in [1.82, 2.24) is 8.61 Å². The summed E-state index contributed by atoms with van der Waals surface area (Å²) in [5.41, 5.74) is 0. The average Bonchev–Trinajstić information content (AvgIpc) is 2.41. The van der Waals surface area contributed by atoms with Crippen molar-refractivity contribution in [3.8, 4) is 0 Å². The van der Waals surface area contributed by atoms with Gasteiger partial charge in [0, 0.05) is 19.6 Å². The molecule has 7 nitrogen and oxygen atoms in total. The molecular formula is C12H22N2O5S. The molecule has 0 amide bonds. The van der Waals surface area contributed by atoms with Crippen molar-refractivity contribution >= 4 is 16.2 Å². The first-order valence-electron chi connectivity index (χ1n) is 7.02. The number of piperidine rings is 2. The third-order valence-corrected chi connectivity index (χ3v) is 6.20. The Kier molecular flexibility index (Phi) is 4.68. The van der Waals surface area contributed by atoms with Crippen molar-refractivity contribution in [3.63, 3.8) is 0 Å². The van der Waals surface area contributed by atoms with Crippen LogP contribution in [0.1, 0.15) is 32.6 Å². The fourth-order valence-corrected chi connectivity index (χ4v) is 4.81. The van der Waals surface area contributed by atoms with E-state index in [9.17, 15) is 23.4 Å². The van der Waals surface area contributed by atoms with Crippen molar-refractivity contribution < 1.29 is 23.4 Å². The van der Waals surface area contributed by atoms with E-state index in [1.807, 2.05) is 0 Å². The van der Waals surface area contributed by atoms with Crippen molar-refractivity contribution in [2.24, 2.45) is 5.92 Å². The van der Waals surface area contributed by atoms with Crippen molar-refractivity contribution in [1.29, 1.82) is 0 Å². The molecule has 2 heterocycles. The van der Waals surface area contributed by atoms with Gasteiger partial charge >= 0.3 is 5.97 Å². The van der Waals surface area contributed by atoms with Gasteiger partial charge in [-0.3, -0.25) is 4.79 Å². The van der Waals surface area contributed by atoms with Gasteiger partial charge in [-0.25, -0.2) is 0 Å². The topological polar surface area (TPSA) is 98.2 Å². The van der Waals surface area contributed by atoms with E-state index in [0.717, 1.165) is 10.7 Å². The molecule has 0 radical (unpaired) electrons. The van der Waals surface area contributed by atoms with Crippen LogP contribution in [0.25, 0.3) is 0 Å². The number of rotatable bonds is 3. The number of nitrogens with zero attached hydrogens (tertiary/aromatic N) is 2. The molecule has 2 aliphatic rings. The molecule has 2 aliphatic heterocycles. The summed E-state index contributed by atoms with van der Waals surface area (Å²) in [6, 6.07) is -0.962. The zero-order valence-electron chi connectivity index (χ0n) is 11.6. The van der Waals surface area contributed by atoms with Crippen LogP contribution in [-0.2, 0) is 15.0 Å². The van der Waals surface area contributed by atoms with Crippen LogP contribution >= 0.6 is 0 Å². The minimum atomic E-state index is -3.76. The number of carbonyl (C=O) groups is 1. The standard InChI is InChI=1S/C12H22N2O5S/c1-9-8-13(7-5-11(9)15)20(18,19)14-6-3-2-4-10(14)12(16)17/h9-11,15H,2-8H2,1H3,(H,16,17). The lowest BCUT2D eigenvalue weighted by molar-refractivity contribution is -0.142. The molecule has 0 aromatic carbocycles. The van der Waals surface area contributed by atoms with Crippen LogP contribution in [0.2, 0.25) is 0 Å². The Hall–Kier alpha value is -0.700. The van der Waals surface area contributed by atoms with Crippen LogP contribution in [-0.4, -0.2) is 65.0 Å². The van der Waals surface area contributed by atoms with Gasteiger partial charge in [0.1, 0.15) is 6.04 Å². The Bertz CT molecular complexity index is 466. The first-order valence-corrected chi connectivity index (χ1v) is 8.41. The first-order chi connectivity index (χ1) is 9.34. The lowest BCUT2D eigenvalue weighted by Crippen LogP contribution is -2.56. The maximum Gasteiger partial charge on any atom is 0.322 e. The van der Waals surface area contributed by atoms with Crippen molar-refractivity contribution in [3.05, 3.63) is 0 Å². The maximum absolute atomic E-state index is 12.6. The normalized spacial score (nSPS) is 34.0. The maximum atomic E-state index is 12.6. The molecule has 116 valence electrons. The fraction of sp³-hybridized carbons (Fsp3) is 0.917. The Morgan fingerprint density at radius 2 is 1.90 bits per heavy atom. The summed E-state index contributed by atoms with van der Waals surface area (Å²) in [4.78, 5) is 11.2. The molecule has 3 unspecified atom stereocenters. The summed E-state index contributed by atoms with van der Waals surface area (Å²) in [6.07, 6.45) is 1.69. The third kappa shape index (κ3) is 2.98. The molecule has 8 heteroatoms. The van der Waals surface area contributed by atoms with E-state index in [0.29, 0.717) is 19.3 Å². The Morgan fingerprint density at radius 3 is 2.50 bits per heavy atom. The number of aliphatic carboxylic acids is 1. The van der Waals surface area contributed by atoms with E-state index in [-0.39, 0.29) is 25.6 Å². The molecule has 0 aliphatic carbocycles. The van der Waals surface area contributed by atoms with Crippen LogP contribution < -0.4 is 0 Å². The summed E-state index contributed by atoms with van der Waals surface area (Å²) in [5, 5.41) is 18.9. The molecule has 0 saturated carbocycles.